The van der Waals surface area contributed by atoms with Crippen LogP contribution in [0.25, 0.3) is 6.08 Å². The van der Waals surface area contributed by atoms with E-state index in [1.165, 1.54) is 12.1 Å². The van der Waals surface area contributed by atoms with E-state index in [9.17, 15) is 4.39 Å². The molecule has 0 radical (unpaired) electrons. The molecule has 0 fully saturated rings. The van der Waals surface area contributed by atoms with Crippen molar-refractivity contribution < 1.29 is 4.39 Å². The lowest BCUT2D eigenvalue weighted by Crippen LogP contribution is -2.10. The van der Waals surface area contributed by atoms with E-state index in [4.69, 9.17) is 0 Å². The SMILES string of the molecule is CC(C)(CBr)C/C=C/c1ccc(F)cc1. The van der Waals surface area contributed by atoms with Gasteiger partial charge in [0.2, 0.25) is 0 Å². The molecule has 0 aliphatic rings. The highest BCUT2D eigenvalue weighted by Gasteiger charge is 2.12. The Bertz CT molecular complexity index is 325. The van der Waals surface area contributed by atoms with Gasteiger partial charge in [-0.25, -0.2) is 4.39 Å². The van der Waals surface area contributed by atoms with Crippen LogP contribution in [0.3, 0.4) is 0 Å². The first-order chi connectivity index (χ1) is 7.03. The van der Waals surface area contributed by atoms with Crippen molar-refractivity contribution in [2.75, 3.05) is 5.33 Å². The molecule has 0 bridgehead atoms. The smallest absolute Gasteiger partial charge is 0.123 e. The fourth-order valence-corrected chi connectivity index (χ4v) is 1.37. The van der Waals surface area contributed by atoms with E-state index in [1.54, 1.807) is 12.1 Å². The molecule has 0 nitrogen and oxygen atoms in total. The Morgan fingerprint density at radius 3 is 2.40 bits per heavy atom. The normalized spacial score (nSPS) is 12.3. The molecular weight excluding hydrogens is 255 g/mol. The van der Waals surface area contributed by atoms with E-state index in [0.29, 0.717) is 0 Å². The van der Waals surface area contributed by atoms with Gasteiger partial charge in [-0.05, 0) is 29.5 Å². The van der Waals surface area contributed by atoms with E-state index in [1.807, 2.05) is 6.08 Å². The summed E-state index contributed by atoms with van der Waals surface area (Å²) in [6.45, 7) is 4.41. The van der Waals surface area contributed by atoms with Crippen LogP contribution in [-0.2, 0) is 0 Å². The van der Waals surface area contributed by atoms with E-state index in [0.717, 1.165) is 17.3 Å². The molecule has 82 valence electrons. The highest BCUT2D eigenvalue weighted by Crippen LogP contribution is 2.23. The van der Waals surface area contributed by atoms with Gasteiger partial charge in [-0.3, -0.25) is 0 Å². The van der Waals surface area contributed by atoms with Gasteiger partial charge in [0.05, 0.1) is 0 Å². The monoisotopic (exact) mass is 270 g/mol. The van der Waals surface area contributed by atoms with E-state index < -0.39 is 0 Å². The molecule has 0 aromatic heterocycles. The van der Waals surface area contributed by atoms with E-state index in [2.05, 4.69) is 35.9 Å². The summed E-state index contributed by atoms with van der Waals surface area (Å²) in [5.41, 5.74) is 1.32. The maximum Gasteiger partial charge on any atom is 0.123 e. The van der Waals surface area contributed by atoms with Crippen LogP contribution in [0.4, 0.5) is 4.39 Å². The van der Waals surface area contributed by atoms with Crippen molar-refractivity contribution in [3.05, 3.63) is 41.7 Å². The molecule has 0 amide bonds. The number of hydrogen-bond acceptors (Lipinski definition) is 0. The lowest BCUT2D eigenvalue weighted by atomic mass is 9.92. The van der Waals surface area contributed by atoms with Crippen molar-refractivity contribution >= 4 is 22.0 Å². The summed E-state index contributed by atoms with van der Waals surface area (Å²) in [6.07, 6.45) is 5.17. The molecule has 2 heteroatoms. The second-order valence-corrected chi connectivity index (χ2v) is 5.02. The Morgan fingerprint density at radius 2 is 1.87 bits per heavy atom. The van der Waals surface area contributed by atoms with Crippen LogP contribution < -0.4 is 0 Å². The third-order valence-electron chi connectivity index (χ3n) is 2.21. The van der Waals surface area contributed by atoms with Gasteiger partial charge >= 0.3 is 0 Å². The standard InChI is InChI=1S/C13H16BrF/c1-13(2,10-14)9-3-4-11-5-7-12(15)8-6-11/h3-8H,9-10H2,1-2H3/b4-3+. The second kappa shape index (κ2) is 5.45. The summed E-state index contributed by atoms with van der Waals surface area (Å²) in [5, 5.41) is 0.980. The average molecular weight is 271 g/mol. The van der Waals surface area contributed by atoms with Crippen LogP contribution >= 0.6 is 15.9 Å². The molecule has 1 aromatic carbocycles. The number of hydrogen-bond donors (Lipinski definition) is 0. The third-order valence-corrected chi connectivity index (χ3v) is 3.73. The number of alkyl halides is 1. The van der Waals surface area contributed by atoms with Gasteiger partial charge in [0.1, 0.15) is 5.82 Å². The average Bonchev–Trinajstić information content (AvgIpc) is 2.21. The summed E-state index contributed by atoms with van der Waals surface area (Å²) in [5.74, 6) is -0.187. The number of rotatable bonds is 4. The van der Waals surface area contributed by atoms with Crippen molar-refractivity contribution in [3.8, 4) is 0 Å². The molecule has 0 spiro atoms. The minimum Gasteiger partial charge on any atom is -0.207 e. The van der Waals surface area contributed by atoms with Crippen LogP contribution in [0, 0.1) is 11.2 Å². The van der Waals surface area contributed by atoms with Gasteiger partial charge in [-0.1, -0.05) is 54.1 Å². The molecule has 0 heterocycles. The summed E-state index contributed by atoms with van der Waals surface area (Å²) in [6, 6.07) is 6.53. The van der Waals surface area contributed by atoms with Gasteiger partial charge in [-0.2, -0.15) is 0 Å². The lowest BCUT2D eigenvalue weighted by molar-refractivity contribution is 0.435. The third kappa shape index (κ3) is 4.61. The molecule has 0 aliphatic heterocycles. The highest BCUT2D eigenvalue weighted by molar-refractivity contribution is 9.09. The van der Waals surface area contributed by atoms with Crippen molar-refractivity contribution in [1.29, 1.82) is 0 Å². The van der Waals surface area contributed by atoms with Gasteiger partial charge in [0.15, 0.2) is 0 Å². The molecule has 1 aromatic rings. The number of benzene rings is 1. The molecule has 1 rings (SSSR count). The number of allylic oxidation sites excluding steroid dienone is 1. The zero-order valence-electron chi connectivity index (χ0n) is 9.13. The largest absolute Gasteiger partial charge is 0.207 e. The molecule has 0 aliphatic carbocycles. The van der Waals surface area contributed by atoms with Crippen LogP contribution in [0.1, 0.15) is 25.8 Å². The Labute approximate surface area is 99.3 Å². The van der Waals surface area contributed by atoms with Crippen LogP contribution in [-0.4, -0.2) is 5.33 Å². The minimum atomic E-state index is -0.187. The fourth-order valence-electron chi connectivity index (χ4n) is 1.14. The molecule has 0 N–H and O–H groups in total. The summed E-state index contributed by atoms with van der Waals surface area (Å²) in [7, 11) is 0. The molecule has 0 saturated heterocycles. The van der Waals surface area contributed by atoms with Crippen molar-refractivity contribution in [3.63, 3.8) is 0 Å². The summed E-state index contributed by atoms with van der Waals surface area (Å²) < 4.78 is 12.6. The van der Waals surface area contributed by atoms with Crippen molar-refractivity contribution in [2.24, 2.45) is 5.41 Å². The van der Waals surface area contributed by atoms with Gasteiger partial charge in [0.25, 0.3) is 0 Å². The molecule has 0 atom stereocenters. The van der Waals surface area contributed by atoms with Crippen molar-refractivity contribution in [1.82, 2.24) is 0 Å². The molecular formula is C13H16BrF. The molecule has 15 heavy (non-hydrogen) atoms. The topological polar surface area (TPSA) is 0 Å². The Hall–Kier alpha value is -0.630. The Balaban J connectivity index is 2.55. The first-order valence-electron chi connectivity index (χ1n) is 5.01. The quantitative estimate of drug-likeness (QED) is 0.699. The first-order valence-corrected chi connectivity index (χ1v) is 6.14. The van der Waals surface area contributed by atoms with Crippen LogP contribution in [0.2, 0.25) is 0 Å². The zero-order valence-corrected chi connectivity index (χ0v) is 10.7. The van der Waals surface area contributed by atoms with Crippen LogP contribution in [0.15, 0.2) is 30.3 Å². The van der Waals surface area contributed by atoms with E-state index in [-0.39, 0.29) is 11.2 Å². The van der Waals surface area contributed by atoms with Gasteiger partial charge in [-0.15, -0.1) is 0 Å². The minimum absolute atomic E-state index is 0.187. The number of halogens is 2. The Morgan fingerprint density at radius 1 is 1.27 bits per heavy atom. The predicted molar refractivity (Wildman–Crippen MR) is 67.6 cm³/mol. The second-order valence-electron chi connectivity index (χ2n) is 4.46. The highest BCUT2D eigenvalue weighted by atomic mass is 79.9. The van der Waals surface area contributed by atoms with Crippen molar-refractivity contribution in [2.45, 2.75) is 20.3 Å². The van der Waals surface area contributed by atoms with E-state index >= 15 is 0 Å². The molecule has 0 saturated carbocycles. The maximum absolute atomic E-state index is 12.6. The zero-order chi connectivity index (χ0) is 11.3. The van der Waals surface area contributed by atoms with Gasteiger partial charge in [0, 0.05) is 5.33 Å². The summed E-state index contributed by atoms with van der Waals surface area (Å²) in [4.78, 5) is 0. The maximum atomic E-state index is 12.6. The van der Waals surface area contributed by atoms with Crippen LogP contribution in [0.5, 0.6) is 0 Å². The Kier molecular flexibility index (Phi) is 4.52. The fraction of sp³-hybridized carbons (Fsp3) is 0.385. The predicted octanol–water partition coefficient (Wildman–Crippen LogP) is 4.65. The summed E-state index contributed by atoms with van der Waals surface area (Å²) >= 11 is 3.48. The van der Waals surface area contributed by atoms with Gasteiger partial charge < -0.3 is 0 Å². The molecule has 0 unspecified atom stereocenters. The first kappa shape index (κ1) is 12.4. The lowest BCUT2D eigenvalue weighted by Gasteiger charge is -2.18.